The van der Waals surface area contributed by atoms with Crippen LogP contribution in [0, 0.1) is 0 Å². The van der Waals surface area contributed by atoms with E-state index in [2.05, 4.69) is 0 Å². The Kier molecular flexibility index (Phi) is 3.48. The van der Waals surface area contributed by atoms with Crippen LogP contribution in [-0.4, -0.2) is 23.9 Å². The minimum atomic E-state index is -0.190. The van der Waals surface area contributed by atoms with Gasteiger partial charge in [-0.3, -0.25) is 0 Å². The molecule has 2 aromatic rings. The molecule has 2 unspecified atom stereocenters. The van der Waals surface area contributed by atoms with Crippen molar-refractivity contribution in [1.29, 1.82) is 0 Å². The van der Waals surface area contributed by atoms with E-state index in [0.29, 0.717) is 13.0 Å². The van der Waals surface area contributed by atoms with Crippen molar-refractivity contribution in [2.24, 2.45) is 5.73 Å². The summed E-state index contributed by atoms with van der Waals surface area (Å²) in [5, 5.41) is 9.47. The number of phenols is 1. The highest BCUT2D eigenvalue weighted by Crippen LogP contribution is 2.31. The topological polar surface area (TPSA) is 64.7 Å². The van der Waals surface area contributed by atoms with Gasteiger partial charge in [-0.1, -0.05) is 24.3 Å². The summed E-state index contributed by atoms with van der Waals surface area (Å²) >= 11 is 0. The van der Waals surface area contributed by atoms with Crippen LogP contribution in [0.5, 0.6) is 17.2 Å². The van der Waals surface area contributed by atoms with Gasteiger partial charge in [0.1, 0.15) is 18.5 Å². The second-order valence-electron chi connectivity index (χ2n) is 4.95. The Morgan fingerprint density at radius 1 is 1.15 bits per heavy atom. The summed E-state index contributed by atoms with van der Waals surface area (Å²) in [5.74, 6) is 1.74. The summed E-state index contributed by atoms with van der Waals surface area (Å²) in [7, 11) is 0. The van der Waals surface area contributed by atoms with Gasteiger partial charge in [0, 0.05) is 6.04 Å². The van der Waals surface area contributed by atoms with E-state index in [1.165, 1.54) is 0 Å². The van der Waals surface area contributed by atoms with Crippen LogP contribution >= 0.6 is 0 Å². The number of phenolic OH excluding ortho intramolecular Hbond substituents is 1. The second-order valence-corrected chi connectivity index (χ2v) is 4.95. The van der Waals surface area contributed by atoms with Gasteiger partial charge in [-0.25, -0.2) is 0 Å². The number of nitrogens with two attached hydrogens (primary N) is 1. The highest BCUT2D eigenvalue weighted by molar-refractivity contribution is 5.41. The largest absolute Gasteiger partial charge is 0.508 e. The third kappa shape index (κ3) is 2.70. The van der Waals surface area contributed by atoms with Crippen LogP contribution in [-0.2, 0) is 6.42 Å². The third-order valence-corrected chi connectivity index (χ3v) is 3.39. The summed E-state index contributed by atoms with van der Waals surface area (Å²) < 4.78 is 11.5. The lowest BCUT2D eigenvalue weighted by Crippen LogP contribution is -2.46. The highest BCUT2D eigenvalue weighted by atomic mass is 16.6. The van der Waals surface area contributed by atoms with Crippen molar-refractivity contribution in [3.63, 3.8) is 0 Å². The molecule has 3 rings (SSSR count). The van der Waals surface area contributed by atoms with E-state index in [0.717, 1.165) is 17.1 Å². The minimum absolute atomic E-state index is 0.188. The molecule has 0 bridgehead atoms. The maximum atomic E-state index is 9.47. The molecule has 104 valence electrons. The van der Waals surface area contributed by atoms with Crippen LogP contribution in [0.25, 0.3) is 0 Å². The molecule has 1 heterocycles. The summed E-state index contributed by atoms with van der Waals surface area (Å²) in [6.45, 7) is 0.441. The third-order valence-electron chi connectivity index (χ3n) is 3.39. The molecule has 0 radical (unpaired) electrons. The smallest absolute Gasteiger partial charge is 0.161 e. The Morgan fingerprint density at radius 2 is 1.95 bits per heavy atom. The number of ether oxygens (including phenoxy) is 2. The molecule has 0 saturated carbocycles. The molecular weight excluding hydrogens is 254 g/mol. The number of aromatic hydroxyl groups is 1. The number of benzene rings is 2. The van der Waals surface area contributed by atoms with Crippen LogP contribution < -0.4 is 15.2 Å². The first-order valence-electron chi connectivity index (χ1n) is 6.64. The lowest BCUT2D eigenvalue weighted by Gasteiger charge is -2.30. The zero-order valence-electron chi connectivity index (χ0n) is 11.0. The van der Waals surface area contributed by atoms with Crippen molar-refractivity contribution in [2.45, 2.75) is 18.6 Å². The molecule has 0 amide bonds. The standard InChI is InChI=1S/C16H17NO3/c17-13(9-11-4-3-5-12(18)8-11)16-10-19-14-6-1-2-7-15(14)20-16/h1-8,13,16,18H,9-10,17H2. The molecule has 20 heavy (non-hydrogen) atoms. The molecule has 0 aromatic heterocycles. The fraction of sp³-hybridized carbons (Fsp3) is 0.250. The van der Waals surface area contributed by atoms with Crippen LogP contribution in [0.2, 0.25) is 0 Å². The Hall–Kier alpha value is -2.20. The Balaban J connectivity index is 1.68. The van der Waals surface area contributed by atoms with Crippen LogP contribution in [0.1, 0.15) is 5.56 Å². The number of fused-ring (bicyclic) bond motifs is 1. The molecule has 0 fully saturated rings. The molecule has 3 N–H and O–H groups in total. The van der Waals surface area contributed by atoms with Gasteiger partial charge in [0.2, 0.25) is 0 Å². The predicted octanol–water partition coefficient (Wildman–Crippen LogP) is 2.10. The number of hydrogen-bond donors (Lipinski definition) is 2. The van der Waals surface area contributed by atoms with Gasteiger partial charge in [-0.2, -0.15) is 0 Å². The van der Waals surface area contributed by atoms with Gasteiger partial charge in [-0.15, -0.1) is 0 Å². The molecule has 0 spiro atoms. The van der Waals surface area contributed by atoms with E-state index in [1.807, 2.05) is 36.4 Å². The summed E-state index contributed by atoms with van der Waals surface area (Å²) in [5.41, 5.74) is 7.19. The van der Waals surface area contributed by atoms with Crippen LogP contribution in [0.15, 0.2) is 48.5 Å². The molecule has 2 aromatic carbocycles. The maximum absolute atomic E-state index is 9.47. The van der Waals surface area contributed by atoms with Gasteiger partial charge in [0.05, 0.1) is 0 Å². The number of rotatable bonds is 3. The average molecular weight is 271 g/mol. The number of para-hydroxylation sites is 2. The Bertz CT molecular complexity index is 600. The minimum Gasteiger partial charge on any atom is -0.508 e. The van der Waals surface area contributed by atoms with Gasteiger partial charge >= 0.3 is 0 Å². The fourth-order valence-corrected chi connectivity index (χ4v) is 2.33. The lowest BCUT2D eigenvalue weighted by atomic mass is 10.0. The van der Waals surface area contributed by atoms with Gasteiger partial charge in [-0.05, 0) is 36.2 Å². The quantitative estimate of drug-likeness (QED) is 0.897. The Morgan fingerprint density at radius 3 is 2.75 bits per heavy atom. The normalized spacial score (nSPS) is 18.6. The van der Waals surface area contributed by atoms with E-state index in [-0.39, 0.29) is 17.9 Å². The first-order valence-corrected chi connectivity index (χ1v) is 6.64. The van der Waals surface area contributed by atoms with Crippen LogP contribution in [0.3, 0.4) is 0 Å². The molecule has 0 aliphatic carbocycles. The van der Waals surface area contributed by atoms with E-state index in [9.17, 15) is 5.11 Å². The lowest BCUT2D eigenvalue weighted by molar-refractivity contribution is 0.0722. The first-order chi connectivity index (χ1) is 9.72. The first kappa shape index (κ1) is 12.8. The SMILES string of the molecule is NC(Cc1cccc(O)c1)C1COc2ccccc2O1. The zero-order valence-corrected chi connectivity index (χ0v) is 11.0. The van der Waals surface area contributed by atoms with Gasteiger partial charge < -0.3 is 20.3 Å². The summed E-state index contributed by atoms with van der Waals surface area (Å²) in [6.07, 6.45) is 0.442. The molecule has 1 aliphatic heterocycles. The van der Waals surface area contributed by atoms with Crippen molar-refractivity contribution in [1.82, 2.24) is 0 Å². The van der Waals surface area contributed by atoms with Crippen LogP contribution in [0.4, 0.5) is 0 Å². The molecule has 0 saturated heterocycles. The summed E-state index contributed by atoms with van der Waals surface area (Å²) in [4.78, 5) is 0. The predicted molar refractivity (Wildman–Crippen MR) is 76.1 cm³/mol. The van der Waals surface area contributed by atoms with Crippen molar-refractivity contribution in [3.05, 3.63) is 54.1 Å². The molecule has 2 atom stereocenters. The van der Waals surface area contributed by atoms with E-state index < -0.39 is 0 Å². The summed E-state index contributed by atoms with van der Waals surface area (Å²) in [6, 6.07) is 14.5. The number of hydrogen-bond acceptors (Lipinski definition) is 4. The van der Waals surface area contributed by atoms with E-state index >= 15 is 0 Å². The van der Waals surface area contributed by atoms with Gasteiger partial charge in [0.25, 0.3) is 0 Å². The zero-order chi connectivity index (χ0) is 13.9. The van der Waals surface area contributed by atoms with E-state index in [4.69, 9.17) is 15.2 Å². The molecule has 1 aliphatic rings. The molecule has 4 heteroatoms. The molecule has 4 nitrogen and oxygen atoms in total. The fourth-order valence-electron chi connectivity index (χ4n) is 2.33. The van der Waals surface area contributed by atoms with Crippen molar-refractivity contribution in [3.8, 4) is 17.2 Å². The monoisotopic (exact) mass is 271 g/mol. The highest BCUT2D eigenvalue weighted by Gasteiger charge is 2.26. The van der Waals surface area contributed by atoms with Gasteiger partial charge in [0.15, 0.2) is 11.5 Å². The van der Waals surface area contributed by atoms with Crippen molar-refractivity contribution in [2.75, 3.05) is 6.61 Å². The molecular formula is C16H17NO3. The van der Waals surface area contributed by atoms with Crippen molar-refractivity contribution < 1.29 is 14.6 Å². The van der Waals surface area contributed by atoms with E-state index in [1.54, 1.807) is 12.1 Å². The second kappa shape index (κ2) is 5.43. The average Bonchev–Trinajstić information content (AvgIpc) is 2.47. The van der Waals surface area contributed by atoms with Crippen molar-refractivity contribution >= 4 is 0 Å². The maximum Gasteiger partial charge on any atom is 0.161 e. The Labute approximate surface area is 117 Å².